The Bertz CT molecular complexity index is 280. The normalized spacial score (nSPS) is 10.4. The van der Waals surface area contributed by atoms with Crippen molar-refractivity contribution in [2.45, 2.75) is 6.54 Å². The van der Waals surface area contributed by atoms with E-state index in [9.17, 15) is 0 Å². The minimum Gasteiger partial charge on any atom is -0.395 e. The van der Waals surface area contributed by atoms with Crippen LogP contribution in [-0.4, -0.2) is 18.3 Å². The van der Waals surface area contributed by atoms with Crippen molar-refractivity contribution in [3.8, 4) is 0 Å². The summed E-state index contributed by atoms with van der Waals surface area (Å²) in [7, 11) is 0. The standard InChI is InChI=1S/C9H11BrINO/c10-9-2-1-8(11)5-7(9)6-12-3-4-13/h1-2,5,12-13H,3-4,6H2. The van der Waals surface area contributed by atoms with Crippen LogP contribution in [0.15, 0.2) is 22.7 Å². The van der Waals surface area contributed by atoms with E-state index < -0.39 is 0 Å². The number of halogens is 2. The number of hydrogen-bond donors (Lipinski definition) is 2. The zero-order valence-corrected chi connectivity index (χ0v) is 10.8. The number of aliphatic hydroxyl groups excluding tert-OH is 1. The summed E-state index contributed by atoms with van der Waals surface area (Å²) in [6.45, 7) is 1.61. The van der Waals surface area contributed by atoms with Crippen LogP contribution >= 0.6 is 38.5 Å². The van der Waals surface area contributed by atoms with Crippen molar-refractivity contribution < 1.29 is 5.11 Å². The number of nitrogens with one attached hydrogen (secondary N) is 1. The molecule has 72 valence electrons. The summed E-state index contributed by atoms with van der Waals surface area (Å²) in [6.07, 6.45) is 0. The monoisotopic (exact) mass is 355 g/mol. The van der Waals surface area contributed by atoms with Gasteiger partial charge in [-0.1, -0.05) is 15.9 Å². The third-order valence-electron chi connectivity index (χ3n) is 1.61. The van der Waals surface area contributed by atoms with E-state index in [0.717, 1.165) is 11.0 Å². The molecule has 0 saturated heterocycles. The van der Waals surface area contributed by atoms with Gasteiger partial charge >= 0.3 is 0 Å². The van der Waals surface area contributed by atoms with Gasteiger partial charge in [-0.3, -0.25) is 0 Å². The second-order valence-corrected chi connectivity index (χ2v) is 4.74. The smallest absolute Gasteiger partial charge is 0.0556 e. The van der Waals surface area contributed by atoms with E-state index >= 15 is 0 Å². The zero-order chi connectivity index (χ0) is 9.68. The molecule has 0 aliphatic carbocycles. The number of hydrogen-bond acceptors (Lipinski definition) is 2. The Morgan fingerprint density at radius 2 is 2.23 bits per heavy atom. The molecule has 2 N–H and O–H groups in total. The molecule has 1 rings (SSSR count). The largest absolute Gasteiger partial charge is 0.395 e. The lowest BCUT2D eigenvalue weighted by atomic mass is 10.2. The lowest BCUT2D eigenvalue weighted by Crippen LogP contribution is -2.17. The van der Waals surface area contributed by atoms with Crippen LogP contribution in [0.25, 0.3) is 0 Å². The summed E-state index contributed by atoms with van der Waals surface area (Å²) in [4.78, 5) is 0. The van der Waals surface area contributed by atoms with Gasteiger partial charge in [-0.15, -0.1) is 0 Å². The first kappa shape index (κ1) is 11.4. The Morgan fingerprint density at radius 1 is 1.46 bits per heavy atom. The Kier molecular flexibility index (Phi) is 5.23. The van der Waals surface area contributed by atoms with Crippen molar-refractivity contribution in [2.24, 2.45) is 0 Å². The maximum Gasteiger partial charge on any atom is 0.0556 e. The molecule has 0 aliphatic heterocycles. The molecule has 4 heteroatoms. The van der Waals surface area contributed by atoms with Crippen LogP contribution in [0.5, 0.6) is 0 Å². The molecule has 0 unspecified atom stereocenters. The molecule has 0 heterocycles. The van der Waals surface area contributed by atoms with Crippen LogP contribution in [0, 0.1) is 3.57 Å². The van der Waals surface area contributed by atoms with Crippen molar-refractivity contribution in [3.05, 3.63) is 31.8 Å². The second-order valence-electron chi connectivity index (χ2n) is 2.64. The third kappa shape index (κ3) is 3.93. The predicted molar refractivity (Wildman–Crippen MR) is 65.7 cm³/mol. The van der Waals surface area contributed by atoms with Gasteiger partial charge in [0, 0.05) is 21.1 Å². The Morgan fingerprint density at radius 3 is 2.92 bits per heavy atom. The molecule has 0 aliphatic rings. The van der Waals surface area contributed by atoms with E-state index in [4.69, 9.17) is 5.11 Å². The minimum atomic E-state index is 0.182. The van der Waals surface area contributed by atoms with Gasteiger partial charge in [0.2, 0.25) is 0 Å². The highest BCUT2D eigenvalue weighted by Gasteiger charge is 1.99. The summed E-state index contributed by atoms with van der Waals surface area (Å²) < 4.78 is 2.33. The molecule has 0 aromatic heterocycles. The SMILES string of the molecule is OCCNCc1cc(I)ccc1Br. The van der Waals surface area contributed by atoms with Crippen LogP contribution in [0.2, 0.25) is 0 Å². The fraction of sp³-hybridized carbons (Fsp3) is 0.333. The second kappa shape index (κ2) is 5.95. The van der Waals surface area contributed by atoms with Gasteiger partial charge in [0.05, 0.1) is 6.61 Å². The fourth-order valence-corrected chi connectivity index (χ4v) is 1.92. The number of aliphatic hydroxyl groups is 1. The van der Waals surface area contributed by atoms with E-state index in [1.807, 2.05) is 6.07 Å². The molecular formula is C9H11BrINO. The molecule has 0 bridgehead atoms. The van der Waals surface area contributed by atoms with Crippen molar-refractivity contribution >= 4 is 38.5 Å². The first-order valence-electron chi connectivity index (χ1n) is 3.99. The molecule has 1 aromatic carbocycles. The van der Waals surface area contributed by atoms with Crippen LogP contribution in [-0.2, 0) is 6.54 Å². The summed E-state index contributed by atoms with van der Waals surface area (Å²) in [5.41, 5.74) is 1.22. The van der Waals surface area contributed by atoms with E-state index in [2.05, 4.69) is 56.0 Å². The van der Waals surface area contributed by atoms with Crippen molar-refractivity contribution in [3.63, 3.8) is 0 Å². The Hall–Kier alpha value is 0.350. The molecule has 0 atom stereocenters. The topological polar surface area (TPSA) is 32.3 Å². The molecule has 1 aromatic rings. The van der Waals surface area contributed by atoms with E-state index in [0.29, 0.717) is 6.54 Å². The average Bonchev–Trinajstić information content (AvgIpc) is 2.11. The van der Waals surface area contributed by atoms with Gasteiger partial charge in [-0.25, -0.2) is 0 Å². The van der Waals surface area contributed by atoms with E-state index in [1.165, 1.54) is 9.13 Å². The summed E-state index contributed by atoms with van der Waals surface area (Å²) >= 11 is 5.76. The van der Waals surface area contributed by atoms with Crippen LogP contribution < -0.4 is 5.32 Å². The fourth-order valence-electron chi connectivity index (χ4n) is 0.981. The van der Waals surface area contributed by atoms with E-state index in [1.54, 1.807) is 0 Å². The minimum absolute atomic E-state index is 0.182. The van der Waals surface area contributed by atoms with Crippen molar-refractivity contribution in [1.29, 1.82) is 0 Å². The lowest BCUT2D eigenvalue weighted by molar-refractivity contribution is 0.292. The van der Waals surface area contributed by atoms with Gasteiger partial charge in [0.15, 0.2) is 0 Å². The maximum atomic E-state index is 8.59. The molecular weight excluding hydrogens is 345 g/mol. The highest BCUT2D eigenvalue weighted by atomic mass is 127. The molecule has 0 fully saturated rings. The summed E-state index contributed by atoms with van der Waals surface area (Å²) in [6, 6.07) is 6.22. The van der Waals surface area contributed by atoms with Gasteiger partial charge in [-0.2, -0.15) is 0 Å². The van der Waals surface area contributed by atoms with Gasteiger partial charge in [-0.05, 0) is 46.4 Å². The predicted octanol–water partition coefficient (Wildman–Crippen LogP) is 2.14. The highest BCUT2D eigenvalue weighted by molar-refractivity contribution is 14.1. The molecule has 2 nitrogen and oxygen atoms in total. The molecule has 13 heavy (non-hydrogen) atoms. The Labute approximate surface area is 100.0 Å². The Balaban J connectivity index is 2.59. The number of benzene rings is 1. The van der Waals surface area contributed by atoms with Crippen molar-refractivity contribution in [1.82, 2.24) is 5.32 Å². The maximum absolute atomic E-state index is 8.59. The van der Waals surface area contributed by atoms with Crippen molar-refractivity contribution in [2.75, 3.05) is 13.2 Å². The first-order valence-corrected chi connectivity index (χ1v) is 5.86. The molecule has 0 radical (unpaired) electrons. The van der Waals surface area contributed by atoms with Crippen LogP contribution in [0.4, 0.5) is 0 Å². The molecule has 0 amide bonds. The summed E-state index contributed by atoms with van der Waals surface area (Å²) in [5.74, 6) is 0. The van der Waals surface area contributed by atoms with Crippen LogP contribution in [0.3, 0.4) is 0 Å². The average molecular weight is 356 g/mol. The molecule has 0 spiro atoms. The quantitative estimate of drug-likeness (QED) is 0.640. The molecule has 0 saturated carbocycles. The first-order chi connectivity index (χ1) is 6.24. The lowest BCUT2D eigenvalue weighted by Gasteiger charge is -2.05. The van der Waals surface area contributed by atoms with Gasteiger partial charge < -0.3 is 10.4 Å². The van der Waals surface area contributed by atoms with Gasteiger partial charge in [0.1, 0.15) is 0 Å². The van der Waals surface area contributed by atoms with E-state index in [-0.39, 0.29) is 6.61 Å². The van der Waals surface area contributed by atoms with Crippen LogP contribution in [0.1, 0.15) is 5.56 Å². The zero-order valence-electron chi connectivity index (χ0n) is 7.06. The third-order valence-corrected chi connectivity index (χ3v) is 3.06. The highest BCUT2D eigenvalue weighted by Crippen LogP contribution is 2.19. The van der Waals surface area contributed by atoms with Gasteiger partial charge in [0.25, 0.3) is 0 Å². The number of rotatable bonds is 4. The summed E-state index contributed by atoms with van der Waals surface area (Å²) in [5, 5.41) is 11.7.